The molecule has 2 heterocycles. The normalized spacial score (nSPS) is 10.3. The van der Waals surface area contributed by atoms with Crippen molar-refractivity contribution in [3.63, 3.8) is 0 Å². The number of aryl methyl sites for hydroxylation is 1. The van der Waals surface area contributed by atoms with E-state index < -0.39 is 0 Å². The molecule has 0 amide bonds. The van der Waals surface area contributed by atoms with E-state index in [0.717, 1.165) is 5.56 Å². The summed E-state index contributed by atoms with van der Waals surface area (Å²) in [6, 6.07) is 0. The van der Waals surface area contributed by atoms with Crippen molar-refractivity contribution in [2.24, 2.45) is 0 Å². The highest BCUT2D eigenvalue weighted by atomic mass is 35.5. The van der Waals surface area contributed by atoms with Crippen LogP contribution in [-0.2, 0) is 0 Å². The highest BCUT2D eigenvalue weighted by molar-refractivity contribution is 7.13. The molecule has 0 atom stereocenters. The lowest BCUT2D eigenvalue weighted by Gasteiger charge is -2.03. The molecule has 2 aromatic rings. The monoisotopic (exact) mass is 268 g/mol. The van der Waals surface area contributed by atoms with E-state index in [4.69, 9.17) is 16.3 Å². The van der Waals surface area contributed by atoms with Gasteiger partial charge in [-0.15, -0.1) is 11.3 Å². The molecular formula is C11H9ClN2O2S. The van der Waals surface area contributed by atoms with Gasteiger partial charge >= 0.3 is 0 Å². The number of carbonyl (C=O) groups is 1. The minimum Gasteiger partial charge on any atom is -0.479 e. The summed E-state index contributed by atoms with van der Waals surface area (Å²) in [4.78, 5) is 20.6. The quantitative estimate of drug-likeness (QED) is 0.803. The van der Waals surface area contributed by atoms with Gasteiger partial charge < -0.3 is 4.74 Å². The number of aromatic nitrogens is 2. The van der Waals surface area contributed by atoms with Gasteiger partial charge in [0, 0.05) is 12.4 Å². The molecule has 0 bridgehead atoms. The number of methoxy groups -OCH3 is 1. The van der Waals surface area contributed by atoms with Crippen molar-refractivity contribution in [3.05, 3.63) is 38.9 Å². The summed E-state index contributed by atoms with van der Waals surface area (Å²) in [7, 11) is 1.45. The fourth-order valence-corrected chi connectivity index (χ4v) is 2.54. The lowest BCUT2D eigenvalue weighted by Crippen LogP contribution is -2.06. The standard InChI is InChI=1S/C11H9ClN2O2S/c1-6-5-17-10(7(6)12)9(15)8-11(16-2)14-4-3-13-8/h3-5H,1-2H3. The third-order valence-electron chi connectivity index (χ3n) is 2.18. The van der Waals surface area contributed by atoms with E-state index in [1.165, 1.54) is 30.8 Å². The van der Waals surface area contributed by atoms with E-state index in [-0.39, 0.29) is 17.4 Å². The number of thiophene rings is 1. The molecule has 0 aliphatic carbocycles. The Morgan fingerprint density at radius 3 is 2.71 bits per heavy atom. The maximum atomic E-state index is 12.2. The van der Waals surface area contributed by atoms with Crippen LogP contribution in [0.15, 0.2) is 17.8 Å². The van der Waals surface area contributed by atoms with Crippen LogP contribution in [0.2, 0.25) is 5.02 Å². The van der Waals surface area contributed by atoms with Gasteiger partial charge in [-0.2, -0.15) is 0 Å². The number of halogens is 1. The molecule has 0 saturated carbocycles. The van der Waals surface area contributed by atoms with Gasteiger partial charge in [0.25, 0.3) is 0 Å². The maximum absolute atomic E-state index is 12.2. The number of hydrogen-bond donors (Lipinski definition) is 0. The molecule has 0 saturated heterocycles. The second-order valence-corrected chi connectivity index (χ2v) is 4.56. The third kappa shape index (κ3) is 2.16. The minimum absolute atomic E-state index is 0.179. The Labute approximate surface area is 107 Å². The lowest BCUT2D eigenvalue weighted by atomic mass is 10.2. The van der Waals surface area contributed by atoms with Crippen LogP contribution >= 0.6 is 22.9 Å². The Kier molecular flexibility index (Phi) is 3.40. The van der Waals surface area contributed by atoms with Crippen LogP contribution in [0, 0.1) is 6.92 Å². The zero-order chi connectivity index (χ0) is 12.4. The molecule has 0 aliphatic heterocycles. The summed E-state index contributed by atoms with van der Waals surface area (Å²) >= 11 is 7.34. The molecule has 4 nitrogen and oxygen atoms in total. The molecule has 0 unspecified atom stereocenters. The van der Waals surface area contributed by atoms with Crippen LogP contribution in [0.3, 0.4) is 0 Å². The molecular weight excluding hydrogens is 260 g/mol. The van der Waals surface area contributed by atoms with Gasteiger partial charge in [0.1, 0.15) is 0 Å². The van der Waals surface area contributed by atoms with E-state index in [2.05, 4.69) is 9.97 Å². The number of rotatable bonds is 3. The number of ether oxygens (including phenoxy) is 1. The van der Waals surface area contributed by atoms with Gasteiger partial charge in [-0.05, 0) is 17.9 Å². The Bertz CT molecular complexity index is 568. The largest absolute Gasteiger partial charge is 0.479 e. The van der Waals surface area contributed by atoms with Crippen molar-refractivity contribution < 1.29 is 9.53 Å². The van der Waals surface area contributed by atoms with Crippen molar-refractivity contribution in [2.45, 2.75) is 6.92 Å². The summed E-state index contributed by atoms with van der Waals surface area (Å²) in [5.74, 6) is -0.0577. The molecule has 0 radical (unpaired) electrons. The zero-order valence-electron chi connectivity index (χ0n) is 9.23. The predicted octanol–water partition coefficient (Wildman–Crippen LogP) is 2.74. The van der Waals surface area contributed by atoms with Gasteiger partial charge in [-0.1, -0.05) is 11.6 Å². The Morgan fingerprint density at radius 1 is 1.41 bits per heavy atom. The van der Waals surface area contributed by atoms with Gasteiger partial charge in [0.05, 0.1) is 17.0 Å². The molecule has 88 valence electrons. The van der Waals surface area contributed by atoms with Gasteiger partial charge in [-0.25, -0.2) is 9.97 Å². The van der Waals surface area contributed by atoms with Gasteiger partial charge in [0.2, 0.25) is 11.7 Å². The van der Waals surface area contributed by atoms with Crippen LogP contribution < -0.4 is 4.74 Å². The van der Waals surface area contributed by atoms with E-state index >= 15 is 0 Å². The van der Waals surface area contributed by atoms with Crippen LogP contribution in [0.25, 0.3) is 0 Å². The van der Waals surface area contributed by atoms with Crippen molar-refractivity contribution in [1.82, 2.24) is 9.97 Å². The smallest absolute Gasteiger partial charge is 0.243 e. The van der Waals surface area contributed by atoms with E-state index in [1.54, 1.807) is 0 Å². The first kappa shape index (κ1) is 12.0. The SMILES string of the molecule is COc1nccnc1C(=O)c1scc(C)c1Cl. The van der Waals surface area contributed by atoms with E-state index in [9.17, 15) is 4.79 Å². The minimum atomic E-state index is -0.266. The van der Waals surface area contributed by atoms with E-state index in [1.807, 2.05) is 12.3 Å². The zero-order valence-corrected chi connectivity index (χ0v) is 10.8. The molecule has 0 aliphatic rings. The maximum Gasteiger partial charge on any atom is 0.243 e. The molecule has 2 aromatic heterocycles. The predicted molar refractivity (Wildman–Crippen MR) is 66.1 cm³/mol. The summed E-state index contributed by atoms with van der Waals surface area (Å²) in [5, 5.41) is 2.30. The molecule has 0 N–H and O–H groups in total. The Hall–Kier alpha value is -1.46. The van der Waals surface area contributed by atoms with Crippen LogP contribution in [0.1, 0.15) is 20.9 Å². The topological polar surface area (TPSA) is 52.1 Å². The Morgan fingerprint density at radius 2 is 2.12 bits per heavy atom. The summed E-state index contributed by atoms with van der Waals surface area (Å²) < 4.78 is 5.00. The average molecular weight is 269 g/mol. The summed E-state index contributed by atoms with van der Waals surface area (Å²) in [5.41, 5.74) is 1.06. The number of hydrogen-bond acceptors (Lipinski definition) is 5. The Balaban J connectivity index is 2.47. The van der Waals surface area contributed by atoms with E-state index in [0.29, 0.717) is 9.90 Å². The first-order chi connectivity index (χ1) is 8.15. The van der Waals surface area contributed by atoms with Crippen molar-refractivity contribution >= 4 is 28.7 Å². The second-order valence-electron chi connectivity index (χ2n) is 3.31. The molecule has 6 heteroatoms. The van der Waals surface area contributed by atoms with Gasteiger partial charge in [0.15, 0.2) is 5.69 Å². The van der Waals surface area contributed by atoms with Crippen molar-refractivity contribution in [1.29, 1.82) is 0 Å². The van der Waals surface area contributed by atoms with Gasteiger partial charge in [-0.3, -0.25) is 4.79 Å². The highest BCUT2D eigenvalue weighted by Crippen LogP contribution is 2.30. The fourth-order valence-electron chi connectivity index (χ4n) is 1.32. The fraction of sp³-hybridized carbons (Fsp3) is 0.182. The molecule has 17 heavy (non-hydrogen) atoms. The third-order valence-corrected chi connectivity index (χ3v) is 3.87. The van der Waals surface area contributed by atoms with Crippen LogP contribution in [-0.4, -0.2) is 22.9 Å². The first-order valence-electron chi connectivity index (χ1n) is 4.78. The first-order valence-corrected chi connectivity index (χ1v) is 6.04. The number of ketones is 1. The molecule has 0 spiro atoms. The molecule has 2 rings (SSSR count). The van der Waals surface area contributed by atoms with Crippen molar-refractivity contribution in [2.75, 3.05) is 7.11 Å². The number of nitrogens with zero attached hydrogens (tertiary/aromatic N) is 2. The highest BCUT2D eigenvalue weighted by Gasteiger charge is 2.21. The molecule has 0 aromatic carbocycles. The summed E-state index contributed by atoms with van der Waals surface area (Å²) in [6.45, 7) is 1.85. The van der Waals surface area contributed by atoms with Crippen LogP contribution in [0.5, 0.6) is 5.88 Å². The average Bonchev–Trinajstić information content (AvgIpc) is 2.69. The number of carbonyl (C=O) groups excluding carboxylic acids is 1. The molecule has 0 fully saturated rings. The second kappa shape index (κ2) is 4.81. The van der Waals surface area contributed by atoms with Crippen molar-refractivity contribution in [3.8, 4) is 5.88 Å². The summed E-state index contributed by atoms with van der Waals surface area (Å²) in [6.07, 6.45) is 2.92. The van der Waals surface area contributed by atoms with Crippen LogP contribution in [0.4, 0.5) is 0 Å². The lowest BCUT2D eigenvalue weighted by molar-refractivity contribution is 0.103.